The van der Waals surface area contributed by atoms with Gasteiger partial charge in [0.25, 0.3) is 0 Å². The van der Waals surface area contributed by atoms with Gasteiger partial charge in [-0.2, -0.15) is 0 Å². The summed E-state index contributed by atoms with van der Waals surface area (Å²) in [5.41, 5.74) is 0. The van der Waals surface area contributed by atoms with E-state index in [2.05, 4.69) is 78.8 Å². The lowest BCUT2D eigenvalue weighted by Crippen LogP contribution is -2.44. The molecule has 0 radical (unpaired) electrons. The van der Waals surface area contributed by atoms with Gasteiger partial charge < -0.3 is 15.2 Å². The van der Waals surface area contributed by atoms with Crippen LogP contribution in [0.1, 0.15) is 60.7 Å². The van der Waals surface area contributed by atoms with Crippen molar-refractivity contribution in [2.45, 2.75) is 86.0 Å². The topological polar surface area (TPSA) is 70.4 Å². The Labute approximate surface area is 182 Å². The smallest absolute Gasteiger partial charge is 0.191 e. The third kappa shape index (κ3) is 9.73. The molecule has 1 atom stereocenters. The first kappa shape index (κ1) is 26.1. The van der Waals surface area contributed by atoms with Crippen LogP contribution in [0.25, 0.3) is 0 Å². The van der Waals surface area contributed by atoms with E-state index in [1.54, 1.807) is 6.33 Å². The monoisotopic (exact) mass is 493 g/mol. The molecule has 1 heterocycles. The zero-order valence-corrected chi connectivity index (χ0v) is 20.5. The number of hydrogen-bond acceptors (Lipinski definition) is 4. The van der Waals surface area contributed by atoms with Gasteiger partial charge in [-0.25, -0.2) is 0 Å². The summed E-state index contributed by atoms with van der Waals surface area (Å²) in [4.78, 5) is 7.26. The summed E-state index contributed by atoms with van der Waals surface area (Å²) in [5, 5.41) is 15.1. The number of hydrogen-bond donors (Lipinski definition) is 2. The second kappa shape index (κ2) is 14.1. The van der Waals surface area contributed by atoms with Crippen LogP contribution in [0.2, 0.25) is 0 Å². The summed E-state index contributed by atoms with van der Waals surface area (Å²) >= 11 is 0. The van der Waals surface area contributed by atoms with Crippen LogP contribution in [-0.4, -0.2) is 63.4 Å². The summed E-state index contributed by atoms with van der Waals surface area (Å²) in [5.74, 6) is 1.91. The minimum Gasteiger partial charge on any atom is -0.355 e. The number of nitrogens with zero attached hydrogens (tertiary/aromatic N) is 5. The van der Waals surface area contributed by atoms with Gasteiger partial charge in [0.05, 0.1) is 6.54 Å². The standard InChI is InChI=1S/C19H39N7.HI/c1-8-17(7)23-19(21-11-13-26(15(3)4)16(5)6)20-10-12-25-14-22-24-18(25)9-2;/h14-17H,8-13H2,1-7H3,(H2,20,21,23);1H. The SMILES string of the molecule is CCc1nncn1CCNC(=NCCN(C(C)C)C(C)C)NC(C)CC.I. The van der Waals surface area contributed by atoms with E-state index < -0.39 is 0 Å². The Morgan fingerprint density at radius 2 is 1.85 bits per heavy atom. The zero-order chi connectivity index (χ0) is 19.5. The van der Waals surface area contributed by atoms with Crippen LogP contribution in [0.4, 0.5) is 0 Å². The average Bonchev–Trinajstić information content (AvgIpc) is 3.04. The van der Waals surface area contributed by atoms with Gasteiger partial charge in [0.2, 0.25) is 0 Å². The highest BCUT2D eigenvalue weighted by atomic mass is 127. The van der Waals surface area contributed by atoms with Crippen LogP contribution < -0.4 is 10.6 Å². The molecule has 1 aromatic heterocycles. The van der Waals surface area contributed by atoms with Gasteiger partial charge >= 0.3 is 0 Å². The van der Waals surface area contributed by atoms with Crippen LogP contribution in [0.15, 0.2) is 11.3 Å². The van der Waals surface area contributed by atoms with Crippen molar-refractivity contribution in [3.8, 4) is 0 Å². The van der Waals surface area contributed by atoms with Gasteiger partial charge in [-0.05, 0) is 41.0 Å². The van der Waals surface area contributed by atoms with Crippen molar-refractivity contribution in [3.63, 3.8) is 0 Å². The third-order valence-electron chi connectivity index (χ3n) is 4.61. The second-order valence-electron chi connectivity index (χ2n) is 7.33. The maximum atomic E-state index is 4.79. The van der Waals surface area contributed by atoms with Crippen LogP contribution in [-0.2, 0) is 13.0 Å². The Kier molecular flexibility index (Phi) is 13.7. The molecule has 0 aliphatic carbocycles. The number of nitrogens with one attached hydrogen (secondary N) is 2. The molecule has 0 saturated heterocycles. The largest absolute Gasteiger partial charge is 0.355 e. The van der Waals surface area contributed by atoms with Crippen LogP contribution in [0.3, 0.4) is 0 Å². The molecule has 7 nitrogen and oxygen atoms in total. The predicted octanol–water partition coefficient (Wildman–Crippen LogP) is 2.91. The van der Waals surface area contributed by atoms with E-state index >= 15 is 0 Å². The molecule has 1 rings (SSSR count). The van der Waals surface area contributed by atoms with Crippen molar-refractivity contribution in [1.82, 2.24) is 30.3 Å². The first-order chi connectivity index (χ1) is 12.4. The lowest BCUT2D eigenvalue weighted by atomic mass is 10.2. The van der Waals surface area contributed by atoms with Gasteiger partial charge in [-0.1, -0.05) is 13.8 Å². The highest BCUT2D eigenvalue weighted by Crippen LogP contribution is 2.04. The maximum Gasteiger partial charge on any atom is 0.191 e. The van der Waals surface area contributed by atoms with Crippen molar-refractivity contribution in [3.05, 3.63) is 12.2 Å². The molecule has 0 bridgehead atoms. The molecular weight excluding hydrogens is 453 g/mol. The minimum absolute atomic E-state index is 0. The molecular formula is C19H40IN7. The Bertz CT molecular complexity index is 520. The molecule has 158 valence electrons. The molecule has 1 unspecified atom stereocenters. The molecule has 0 amide bonds. The fourth-order valence-corrected chi connectivity index (χ4v) is 2.91. The van der Waals surface area contributed by atoms with Crippen molar-refractivity contribution < 1.29 is 0 Å². The average molecular weight is 493 g/mol. The van der Waals surface area contributed by atoms with Gasteiger partial charge in [-0.15, -0.1) is 34.2 Å². The second-order valence-corrected chi connectivity index (χ2v) is 7.33. The van der Waals surface area contributed by atoms with E-state index in [4.69, 9.17) is 4.99 Å². The van der Waals surface area contributed by atoms with Crippen LogP contribution in [0.5, 0.6) is 0 Å². The normalized spacial score (nSPS) is 13.2. The van der Waals surface area contributed by atoms with Crippen molar-refractivity contribution in [2.24, 2.45) is 4.99 Å². The van der Waals surface area contributed by atoms with E-state index in [-0.39, 0.29) is 24.0 Å². The third-order valence-corrected chi connectivity index (χ3v) is 4.61. The fraction of sp³-hybridized carbons (Fsp3) is 0.842. The lowest BCUT2D eigenvalue weighted by Gasteiger charge is -2.30. The van der Waals surface area contributed by atoms with Crippen molar-refractivity contribution >= 4 is 29.9 Å². The van der Waals surface area contributed by atoms with E-state index in [9.17, 15) is 0 Å². The van der Waals surface area contributed by atoms with Crippen LogP contribution >= 0.6 is 24.0 Å². The summed E-state index contributed by atoms with van der Waals surface area (Å²) in [6, 6.07) is 1.46. The Morgan fingerprint density at radius 3 is 2.41 bits per heavy atom. The predicted molar refractivity (Wildman–Crippen MR) is 125 cm³/mol. The van der Waals surface area contributed by atoms with Crippen molar-refractivity contribution in [1.29, 1.82) is 0 Å². The fourth-order valence-electron chi connectivity index (χ4n) is 2.91. The summed E-state index contributed by atoms with van der Waals surface area (Å²) in [6.07, 6.45) is 3.76. The summed E-state index contributed by atoms with van der Waals surface area (Å²) in [7, 11) is 0. The molecule has 0 aliphatic rings. The van der Waals surface area contributed by atoms with Gasteiger partial charge in [-0.3, -0.25) is 9.89 Å². The number of aryl methyl sites for hydroxylation is 1. The van der Waals surface area contributed by atoms with E-state index in [1.165, 1.54) is 0 Å². The van der Waals surface area contributed by atoms with E-state index in [1.807, 2.05) is 0 Å². The molecule has 0 aliphatic heterocycles. The molecule has 27 heavy (non-hydrogen) atoms. The van der Waals surface area contributed by atoms with E-state index in [0.717, 1.165) is 50.8 Å². The molecule has 8 heteroatoms. The Hall–Kier alpha value is -0.900. The lowest BCUT2D eigenvalue weighted by molar-refractivity contribution is 0.181. The first-order valence-electron chi connectivity index (χ1n) is 10.1. The molecule has 0 saturated carbocycles. The molecule has 0 fully saturated rings. The minimum atomic E-state index is 0. The van der Waals surface area contributed by atoms with E-state index in [0.29, 0.717) is 18.1 Å². The number of aliphatic imine (C=N–C) groups is 1. The summed E-state index contributed by atoms with van der Waals surface area (Å²) < 4.78 is 2.09. The molecule has 0 aromatic carbocycles. The molecule has 1 aromatic rings. The zero-order valence-electron chi connectivity index (χ0n) is 18.2. The molecule has 2 N–H and O–H groups in total. The highest BCUT2D eigenvalue weighted by Gasteiger charge is 2.12. The Balaban J connectivity index is 0.00000676. The molecule has 0 spiro atoms. The highest BCUT2D eigenvalue weighted by molar-refractivity contribution is 14.0. The van der Waals surface area contributed by atoms with Gasteiger partial charge in [0.15, 0.2) is 5.96 Å². The van der Waals surface area contributed by atoms with Gasteiger partial charge in [0, 0.05) is 44.2 Å². The van der Waals surface area contributed by atoms with Crippen LogP contribution in [0, 0.1) is 0 Å². The number of aromatic nitrogens is 3. The Morgan fingerprint density at radius 1 is 1.19 bits per heavy atom. The maximum absolute atomic E-state index is 4.79. The summed E-state index contributed by atoms with van der Waals surface area (Å²) in [6.45, 7) is 18.8. The quantitative estimate of drug-likeness (QED) is 0.282. The van der Waals surface area contributed by atoms with Crippen molar-refractivity contribution in [2.75, 3.05) is 19.6 Å². The number of halogens is 1. The number of rotatable bonds is 11. The number of guanidine groups is 1. The van der Waals surface area contributed by atoms with Gasteiger partial charge in [0.1, 0.15) is 12.2 Å². The first-order valence-corrected chi connectivity index (χ1v) is 10.1.